The summed E-state index contributed by atoms with van der Waals surface area (Å²) in [6, 6.07) is 1.89. The molecule has 13 heavy (non-hydrogen) atoms. The second-order valence-electron chi connectivity index (χ2n) is 2.93. The Morgan fingerprint density at radius 1 is 1.46 bits per heavy atom. The van der Waals surface area contributed by atoms with Crippen LogP contribution in [-0.2, 0) is 21.9 Å². The maximum absolute atomic E-state index is 8.89. The molecule has 3 nitrogen and oxygen atoms in total. The van der Waals surface area contributed by atoms with Crippen molar-refractivity contribution in [2.75, 3.05) is 0 Å². The second kappa shape index (κ2) is 3.05. The summed E-state index contributed by atoms with van der Waals surface area (Å²) >= 11 is 1.52. The summed E-state index contributed by atoms with van der Waals surface area (Å²) in [4.78, 5) is 0.960. The first-order valence-electron chi connectivity index (χ1n) is 3.94. The van der Waals surface area contributed by atoms with E-state index >= 15 is 0 Å². The Labute approximate surface area is 80.2 Å². The van der Waals surface area contributed by atoms with Gasteiger partial charge in [0.15, 0.2) is 0 Å². The van der Waals surface area contributed by atoms with Crippen LogP contribution in [0, 0.1) is 0 Å². The maximum atomic E-state index is 8.89. The van der Waals surface area contributed by atoms with Crippen molar-refractivity contribution in [2.45, 2.75) is 19.3 Å². The van der Waals surface area contributed by atoms with Crippen molar-refractivity contribution in [3.8, 4) is 0 Å². The van der Waals surface area contributed by atoms with Gasteiger partial charge in [0, 0.05) is 6.92 Å². The fourth-order valence-corrected chi connectivity index (χ4v) is 2.11. The first-order chi connectivity index (χ1) is 6.24. The largest absolute Gasteiger partial charge is 0.452 e. The number of ether oxygens (including phenoxy) is 2. The Hall–Kier alpha value is -1.00. The molecule has 2 rings (SSSR count). The highest BCUT2D eigenvalue weighted by Gasteiger charge is 2.33. The van der Waals surface area contributed by atoms with Crippen LogP contribution in [0.5, 0.6) is 0 Å². The molecule has 0 saturated carbocycles. The van der Waals surface area contributed by atoms with Crippen molar-refractivity contribution in [3.05, 3.63) is 34.4 Å². The number of aliphatic hydroxyl groups excluding tert-OH is 1. The van der Waals surface area contributed by atoms with Crippen LogP contribution >= 0.6 is 11.3 Å². The van der Waals surface area contributed by atoms with Crippen LogP contribution in [0.15, 0.2) is 24.0 Å². The van der Waals surface area contributed by atoms with E-state index in [-0.39, 0.29) is 6.61 Å². The molecule has 1 aliphatic rings. The van der Waals surface area contributed by atoms with E-state index < -0.39 is 5.79 Å². The average Bonchev–Trinajstić information content (AvgIpc) is 2.72. The number of hydrogen-bond acceptors (Lipinski definition) is 4. The van der Waals surface area contributed by atoms with Gasteiger partial charge < -0.3 is 14.6 Å². The summed E-state index contributed by atoms with van der Waals surface area (Å²) in [5.41, 5.74) is 0.889. The van der Waals surface area contributed by atoms with Gasteiger partial charge >= 0.3 is 0 Å². The van der Waals surface area contributed by atoms with E-state index in [2.05, 4.69) is 0 Å². The number of hydrogen-bond donors (Lipinski definition) is 1. The van der Waals surface area contributed by atoms with Crippen LogP contribution in [0.4, 0.5) is 0 Å². The highest BCUT2D eigenvalue weighted by Crippen LogP contribution is 2.35. The topological polar surface area (TPSA) is 38.7 Å². The van der Waals surface area contributed by atoms with Gasteiger partial charge in [-0.1, -0.05) is 0 Å². The molecule has 0 amide bonds. The summed E-state index contributed by atoms with van der Waals surface area (Å²) in [6.07, 6.45) is 3.05. The smallest absolute Gasteiger partial charge is 0.283 e. The molecule has 4 heteroatoms. The lowest BCUT2D eigenvalue weighted by Gasteiger charge is -2.20. The molecule has 2 heterocycles. The van der Waals surface area contributed by atoms with Crippen molar-refractivity contribution in [1.82, 2.24) is 0 Å². The van der Waals surface area contributed by atoms with E-state index in [1.54, 1.807) is 0 Å². The van der Waals surface area contributed by atoms with Crippen LogP contribution in [0.2, 0.25) is 0 Å². The average molecular weight is 198 g/mol. The summed E-state index contributed by atoms with van der Waals surface area (Å²) in [6.45, 7) is 1.90. The highest BCUT2D eigenvalue weighted by molar-refractivity contribution is 7.10. The lowest BCUT2D eigenvalue weighted by molar-refractivity contribution is -0.130. The van der Waals surface area contributed by atoms with Gasteiger partial charge in [0.05, 0.1) is 11.5 Å². The zero-order chi connectivity index (χ0) is 9.31. The molecular formula is C9H10O3S. The molecule has 0 radical (unpaired) electrons. The molecule has 70 valence electrons. The first kappa shape index (κ1) is 8.59. The van der Waals surface area contributed by atoms with Gasteiger partial charge in [-0.15, -0.1) is 11.3 Å². The predicted molar refractivity (Wildman–Crippen MR) is 48.9 cm³/mol. The van der Waals surface area contributed by atoms with Gasteiger partial charge in [-0.2, -0.15) is 0 Å². The third-order valence-corrected chi connectivity index (χ3v) is 3.09. The normalized spacial score (nSPS) is 18.3. The molecule has 1 N–H and O–H groups in total. The lowest BCUT2D eigenvalue weighted by Crippen LogP contribution is -2.20. The Morgan fingerprint density at radius 2 is 2.15 bits per heavy atom. The van der Waals surface area contributed by atoms with Crippen molar-refractivity contribution in [3.63, 3.8) is 0 Å². The molecule has 0 aromatic carbocycles. The van der Waals surface area contributed by atoms with Gasteiger partial charge in [-0.05, 0) is 17.0 Å². The third-order valence-electron chi connectivity index (χ3n) is 1.93. The molecule has 1 aromatic heterocycles. The Bertz CT molecular complexity index is 321. The summed E-state index contributed by atoms with van der Waals surface area (Å²) in [5, 5.41) is 10.8. The van der Waals surface area contributed by atoms with Gasteiger partial charge in [-0.3, -0.25) is 0 Å². The van der Waals surface area contributed by atoms with E-state index in [0.717, 1.165) is 10.4 Å². The Balaban J connectivity index is 2.24. The molecule has 0 spiro atoms. The fourth-order valence-electron chi connectivity index (χ4n) is 1.16. The van der Waals surface area contributed by atoms with Crippen LogP contribution in [0.3, 0.4) is 0 Å². The quantitative estimate of drug-likeness (QED) is 0.789. The Morgan fingerprint density at radius 3 is 2.69 bits per heavy atom. The van der Waals surface area contributed by atoms with Gasteiger partial charge in [-0.25, -0.2) is 0 Å². The zero-order valence-corrected chi connectivity index (χ0v) is 8.00. The standard InChI is InChI=1S/C9H10O3S/c1-9(11-2-3-12-9)8-4-7(5-10)6-13-8/h2-4,6,10H,5H2,1H3. The summed E-state index contributed by atoms with van der Waals surface area (Å²) in [7, 11) is 0. The summed E-state index contributed by atoms with van der Waals surface area (Å²) in [5.74, 6) is -0.696. The zero-order valence-electron chi connectivity index (χ0n) is 7.19. The minimum atomic E-state index is -0.696. The fraction of sp³-hybridized carbons (Fsp3) is 0.333. The molecule has 1 aliphatic heterocycles. The maximum Gasteiger partial charge on any atom is 0.283 e. The van der Waals surface area contributed by atoms with Crippen LogP contribution < -0.4 is 0 Å². The molecule has 0 aliphatic carbocycles. The molecule has 0 atom stereocenters. The molecular weight excluding hydrogens is 188 g/mol. The number of aliphatic hydroxyl groups is 1. The Kier molecular flexibility index (Phi) is 2.01. The lowest BCUT2D eigenvalue weighted by atomic mass is 10.2. The third kappa shape index (κ3) is 1.43. The van der Waals surface area contributed by atoms with Gasteiger partial charge in [0.2, 0.25) is 0 Å². The minimum Gasteiger partial charge on any atom is -0.452 e. The minimum absolute atomic E-state index is 0.0556. The molecule has 0 saturated heterocycles. The molecule has 0 fully saturated rings. The van der Waals surface area contributed by atoms with Crippen molar-refractivity contribution in [1.29, 1.82) is 0 Å². The molecule has 0 unspecified atom stereocenters. The van der Waals surface area contributed by atoms with Gasteiger partial charge in [0.25, 0.3) is 5.79 Å². The summed E-state index contributed by atoms with van der Waals surface area (Å²) < 4.78 is 10.6. The van der Waals surface area contributed by atoms with Crippen LogP contribution in [-0.4, -0.2) is 5.11 Å². The van der Waals surface area contributed by atoms with E-state index in [9.17, 15) is 0 Å². The van der Waals surface area contributed by atoms with E-state index in [1.165, 1.54) is 23.9 Å². The molecule has 1 aromatic rings. The van der Waals surface area contributed by atoms with E-state index in [0.29, 0.717) is 0 Å². The van der Waals surface area contributed by atoms with Crippen LogP contribution in [0.25, 0.3) is 0 Å². The van der Waals surface area contributed by atoms with Gasteiger partial charge in [0.1, 0.15) is 12.5 Å². The monoisotopic (exact) mass is 198 g/mol. The van der Waals surface area contributed by atoms with Crippen molar-refractivity contribution >= 4 is 11.3 Å². The SMILES string of the molecule is CC1(c2cc(CO)cs2)OC=CO1. The predicted octanol–water partition coefficient (Wildman–Crippen LogP) is 1.93. The van der Waals surface area contributed by atoms with Crippen molar-refractivity contribution in [2.24, 2.45) is 0 Å². The van der Waals surface area contributed by atoms with E-state index in [4.69, 9.17) is 14.6 Å². The highest BCUT2D eigenvalue weighted by atomic mass is 32.1. The first-order valence-corrected chi connectivity index (χ1v) is 4.82. The second-order valence-corrected chi connectivity index (χ2v) is 3.84. The van der Waals surface area contributed by atoms with E-state index in [1.807, 2.05) is 18.4 Å². The number of rotatable bonds is 2. The van der Waals surface area contributed by atoms with Crippen LogP contribution in [0.1, 0.15) is 17.4 Å². The van der Waals surface area contributed by atoms with Crippen molar-refractivity contribution < 1.29 is 14.6 Å². The number of thiophene rings is 1. The molecule has 0 bridgehead atoms.